The van der Waals surface area contributed by atoms with Gasteiger partial charge in [0.1, 0.15) is 54.9 Å². The van der Waals surface area contributed by atoms with E-state index in [2.05, 4.69) is 26.0 Å². The summed E-state index contributed by atoms with van der Waals surface area (Å²) in [5.41, 5.74) is 0. The zero-order valence-corrected chi connectivity index (χ0v) is 45.0. The van der Waals surface area contributed by atoms with Crippen LogP contribution in [-0.2, 0) is 33.2 Å². The van der Waals surface area contributed by atoms with Gasteiger partial charge in [0.2, 0.25) is 0 Å². The van der Waals surface area contributed by atoms with Crippen molar-refractivity contribution in [3.63, 3.8) is 0 Å². The minimum Gasteiger partial charge on any atom is -0.457 e. The Morgan fingerprint density at radius 1 is 0.451 bits per heavy atom. The van der Waals surface area contributed by atoms with Crippen LogP contribution in [0, 0.1) is 0 Å². The van der Waals surface area contributed by atoms with Crippen LogP contribution in [0.3, 0.4) is 0 Å². The van der Waals surface area contributed by atoms with Crippen molar-refractivity contribution < 1.29 is 69.0 Å². The van der Waals surface area contributed by atoms with E-state index in [0.717, 1.165) is 38.5 Å². The van der Waals surface area contributed by atoms with Crippen molar-refractivity contribution in [3.05, 3.63) is 12.2 Å². The Balaban J connectivity index is 1.66. The number of aliphatic hydroxyl groups excluding tert-OH is 7. The second-order valence-corrected chi connectivity index (χ2v) is 20.8. The summed E-state index contributed by atoms with van der Waals surface area (Å²) < 4.78 is 34.4. The first-order chi connectivity index (χ1) is 34.6. The van der Waals surface area contributed by atoms with Gasteiger partial charge in [-0.25, -0.2) is 0 Å². The highest BCUT2D eigenvalue weighted by molar-refractivity contribution is 5.69. The summed E-state index contributed by atoms with van der Waals surface area (Å²) in [4.78, 5) is 13.1. The molecule has 420 valence electrons. The largest absolute Gasteiger partial charge is 0.457 e. The van der Waals surface area contributed by atoms with Gasteiger partial charge in [-0.05, 0) is 38.5 Å². The second-order valence-electron chi connectivity index (χ2n) is 20.8. The number of aliphatic hydroxyl groups is 7. The summed E-state index contributed by atoms with van der Waals surface area (Å²) in [6.45, 7) is 3.73. The van der Waals surface area contributed by atoms with Crippen LogP contribution in [0.25, 0.3) is 0 Å². The number of esters is 1. The van der Waals surface area contributed by atoms with Gasteiger partial charge in [0.15, 0.2) is 12.6 Å². The molecule has 71 heavy (non-hydrogen) atoms. The van der Waals surface area contributed by atoms with Crippen LogP contribution in [0.2, 0.25) is 0 Å². The summed E-state index contributed by atoms with van der Waals surface area (Å²) in [5, 5.41) is 72.2. The number of allylic oxidation sites excluding steroid dienone is 2. The van der Waals surface area contributed by atoms with E-state index in [1.807, 2.05) is 0 Å². The van der Waals surface area contributed by atoms with Crippen molar-refractivity contribution >= 4 is 5.97 Å². The zero-order valence-electron chi connectivity index (χ0n) is 45.0. The summed E-state index contributed by atoms with van der Waals surface area (Å²) >= 11 is 0. The molecule has 0 spiro atoms. The number of ether oxygens (including phenoxy) is 6. The first kappa shape index (κ1) is 65.8. The van der Waals surface area contributed by atoms with E-state index in [4.69, 9.17) is 28.4 Å². The van der Waals surface area contributed by atoms with Crippen LogP contribution < -0.4 is 0 Å². The molecule has 2 rings (SSSR count). The van der Waals surface area contributed by atoms with Crippen molar-refractivity contribution in [1.29, 1.82) is 0 Å². The smallest absolute Gasteiger partial charge is 0.306 e. The predicted molar refractivity (Wildman–Crippen MR) is 280 cm³/mol. The second kappa shape index (κ2) is 45.0. The molecule has 11 atom stereocenters. The molecule has 2 fully saturated rings. The fraction of sp³-hybridized carbons (Fsp3) is 0.947. The Bertz CT molecular complexity index is 1230. The molecule has 0 bridgehead atoms. The molecule has 0 aromatic heterocycles. The number of rotatable bonds is 48. The molecule has 2 heterocycles. The molecule has 0 saturated carbocycles. The van der Waals surface area contributed by atoms with E-state index < -0.39 is 80.7 Å². The lowest BCUT2D eigenvalue weighted by Gasteiger charge is -2.42. The van der Waals surface area contributed by atoms with Gasteiger partial charge in [-0.1, -0.05) is 212 Å². The lowest BCUT2D eigenvalue weighted by molar-refractivity contribution is -0.332. The quantitative estimate of drug-likeness (QED) is 0.0172. The molecule has 0 aromatic carbocycles. The molecule has 2 saturated heterocycles. The molecule has 0 aromatic rings. The van der Waals surface area contributed by atoms with Crippen LogP contribution >= 0.6 is 0 Å². The molecular weight excluding hydrogens is 909 g/mol. The van der Waals surface area contributed by atoms with Crippen molar-refractivity contribution in [3.8, 4) is 0 Å². The number of carbonyl (C=O) groups is 1. The van der Waals surface area contributed by atoms with E-state index in [-0.39, 0.29) is 25.6 Å². The molecule has 0 amide bonds. The fourth-order valence-electron chi connectivity index (χ4n) is 9.52. The predicted octanol–water partition coefficient (Wildman–Crippen LogP) is 10.2. The van der Waals surface area contributed by atoms with Gasteiger partial charge in [0.05, 0.1) is 26.4 Å². The van der Waals surface area contributed by atoms with Gasteiger partial charge >= 0.3 is 5.97 Å². The van der Waals surface area contributed by atoms with E-state index in [1.54, 1.807) is 0 Å². The molecule has 0 radical (unpaired) electrons. The SMILES string of the molecule is CCCCCCCCCC/C=C\CCCCCCCCCCCCCCCC(=O)OC(COCCCCCCCCCCCCCC)COC1OC(COC2OC(CO)C(O)C(O)C2O)C(O)C(O)C1O. The number of carbonyl (C=O) groups excluding carboxylic acids is 1. The molecule has 11 unspecified atom stereocenters. The minimum absolute atomic E-state index is 0.0679. The zero-order chi connectivity index (χ0) is 51.6. The molecular formula is C57H108O14. The maximum atomic E-state index is 13.1. The highest BCUT2D eigenvalue weighted by Gasteiger charge is 2.47. The van der Waals surface area contributed by atoms with Crippen molar-refractivity contribution in [1.82, 2.24) is 0 Å². The lowest BCUT2D eigenvalue weighted by atomic mass is 9.98. The summed E-state index contributed by atoms with van der Waals surface area (Å²) in [5.74, 6) is -0.371. The monoisotopic (exact) mass is 1020 g/mol. The third kappa shape index (κ3) is 32.0. The third-order valence-corrected chi connectivity index (χ3v) is 14.3. The maximum absolute atomic E-state index is 13.1. The van der Waals surface area contributed by atoms with Crippen molar-refractivity contribution in [2.45, 2.75) is 313 Å². The molecule has 14 nitrogen and oxygen atoms in total. The van der Waals surface area contributed by atoms with Crippen LogP contribution in [0.15, 0.2) is 12.2 Å². The molecule has 2 aliphatic rings. The van der Waals surface area contributed by atoms with Gasteiger partial charge in [-0.2, -0.15) is 0 Å². The van der Waals surface area contributed by atoms with Gasteiger partial charge in [0.25, 0.3) is 0 Å². The highest BCUT2D eigenvalue weighted by Crippen LogP contribution is 2.27. The fourth-order valence-corrected chi connectivity index (χ4v) is 9.52. The number of hydrogen-bond donors (Lipinski definition) is 7. The summed E-state index contributed by atoms with van der Waals surface area (Å²) in [6.07, 6.45) is 32.8. The van der Waals surface area contributed by atoms with E-state index in [1.165, 1.54) is 180 Å². The van der Waals surface area contributed by atoms with Gasteiger partial charge < -0.3 is 64.2 Å². The first-order valence-corrected chi connectivity index (χ1v) is 29.3. The minimum atomic E-state index is -1.70. The number of unbranched alkanes of at least 4 members (excludes halogenated alkanes) is 32. The van der Waals surface area contributed by atoms with Crippen molar-refractivity contribution in [2.24, 2.45) is 0 Å². The van der Waals surface area contributed by atoms with E-state index in [9.17, 15) is 40.5 Å². The average molecular weight is 1020 g/mol. The Labute approximate surface area is 431 Å². The number of hydrogen-bond acceptors (Lipinski definition) is 14. The molecule has 7 N–H and O–H groups in total. The molecule has 14 heteroatoms. The van der Waals surface area contributed by atoms with Crippen LogP contribution in [-0.4, -0.2) is 142 Å². The molecule has 0 aliphatic carbocycles. The topological polar surface area (TPSA) is 214 Å². The Morgan fingerprint density at radius 2 is 0.831 bits per heavy atom. The Kier molecular flexibility index (Phi) is 41.7. The first-order valence-electron chi connectivity index (χ1n) is 29.3. The Morgan fingerprint density at radius 3 is 1.28 bits per heavy atom. The normalized spacial score (nSPS) is 25.3. The van der Waals surface area contributed by atoms with Crippen molar-refractivity contribution in [2.75, 3.05) is 33.0 Å². The Hall–Kier alpha value is -1.27. The summed E-state index contributed by atoms with van der Waals surface area (Å²) in [7, 11) is 0. The summed E-state index contributed by atoms with van der Waals surface area (Å²) in [6, 6.07) is 0. The standard InChI is InChI=1S/C57H108O14/c1-3-5-7-9-11-13-15-17-18-19-20-21-22-23-24-25-26-27-28-29-30-32-34-36-38-40-49(59)69-46(43-66-41-39-37-35-33-31-16-14-12-10-8-6-4-2)44-67-56-55(65)53(63)51(61)48(71-56)45-68-57-54(64)52(62)50(60)47(42-58)70-57/h19-20,46-48,50-58,60-65H,3-18,21-45H2,1-2H3/b20-19-. The van der Waals surface area contributed by atoms with Crippen LogP contribution in [0.5, 0.6) is 0 Å². The lowest BCUT2D eigenvalue weighted by Crippen LogP contribution is -2.61. The highest BCUT2D eigenvalue weighted by atomic mass is 16.7. The maximum Gasteiger partial charge on any atom is 0.306 e. The average Bonchev–Trinajstić information content (AvgIpc) is 3.37. The van der Waals surface area contributed by atoms with E-state index >= 15 is 0 Å². The van der Waals surface area contributed by atoms with E-state index in [0.29, 0.717) is 13.0 Å². The van der Waals surface area contributed by atoms with Gasteiger partial charge in [-0.15, -0.1) is 0 Å². The van der Waals surface area contributed by atoms with Gasteiger partial charge in [-0.3, -0.25) is 4.79 Å². The molecule has 2 aliphatic heterocycles. The third-order valence-electron chi connectivity index (χ3n) is 14.3. The van der Waals surface area contributed by atoms with Gasteiger partial charge in [0, 0.05) is 13.0 Å². The van der Waals surface area contributed by atoms with Crippen LogP contribution in [0.4, 0.5) is 0 Å². The van der Waals surface area contributed by atoms with Crippen LogP contribution in [0.1, 0.15) is 245 Å².